The Labute approximate surface area is 250 Å². The van der Waals surface area contributed by atoms with Crippen molar-refractivity contribution in [2.24, 2.45) is 5.41 Å². The second kappa shape index (κ2) is 11.9. The molecule has 3 aromatic rings. The second-order valence-electron chi connectivity index (χ2n) is 11.8. The van der Waals surface area contributed by atoms with Crippen molar-refractivity contribution in [3.05, 3.63) is 47.5 Å². The van der Waals surface area contributed by atoms with Crippen molar-refractivity contribution in [1.29, 1.82) is 5.26 Å². The molecule has 3 heterocycles. The third-order valence-corrected chi connectivity index (χ3v) is 9.06. The van der Waals surface area contributed by atoms with Gasteiger partial charge in [-0.2, -0.15) is 10.2 Å². The number of ether oxygens (including phenoxy) is 3. The zero-order valence-electron chi connectivity index (χ0n) is 24.7. The lowest BCUT2D eigenvalue weighted by Crippen LogP contribution is -2.68. The Kier molecular flexibility index (Phi) is 8.39. The van der Waals surface area contributed by atoms with E-state index in [2.05, 4.69) is 42.8 Å². The van der Waals surface area contributed by atoms with Crippen LogP contribution in [0.2, 0.25) is 0 Å². The zero-order valence-corrected chi connectivity index (χ0v) is 25.5. The summed E-state index contributed by atoms with van der Waals surface area (Å²) in [6.45, 7) is 7.60. The van der Waals surface area contributed by atoms with Gasteiger partial charge in [0.05, 0.1) is 18.2 Å². The smallest absolute Gasteiger partial charge is 0.408 e. The van der Waals surface area contributed by atoms with Gasteiger partial charge in [0, 0.05) is 26.6 Å². The molecule has 2 aliphatic rings. The molecule has 2 saturated heterocycles. The van der Waals surface area contributed by atoms with E-state index in [1.54, 1.807) is 12.0 Å². The average molecular weight is 592 g/mol. The van der Waals surface area contributed by atoms with Crippen LogP contribution < -0.4 is 14.4 Å². The number of nitrogens with zero attached hydrogens (tertiary/aromatic N) is 5. The number of amides is 1. The largest absolute Gasteiger partial charge is 0.476 e. The standard InChI is InChI=1S/C31H37N5O5S/c1-30(2,3)31-12-10-22(36(31)29(37)38)17-35(18-31)26-25(16-32)27(34-28(33-26)42-5)40-13-11-21-15-23(41-19-39-4)14-20-8-6-7-9-24(20)21/h6-9,14-15,22H,10-13,17-19H2,1-5H3,(H,37,38)/t22-,31-/m0/s1. The van der Waals surface area contributed by atoms with E-state index >= 15 is 0 Å². The molecule has 2 aromatic carbocycles. The normalized spacial score (nSPS) is 20.0. The van der Waals surface area contributed by atoms with Gasteiger partial charge in [0.15, 0.2) is 23.3 Å². The molecular weight excluding hydrogens is 554 g/mol. The second-order valence-corrected chi connectivity index (χ2v) is 12.6. The van der Waals surface area contributed by atoms with Crippen LogP contribution in [0.3, 0.4) is 0 Å². The van der Waals surface area contributed by atoms with Gasteiger partial charge in [0.25, 0.3) is 0 Å². The highest BCUT2D eigenvalue weighted by molar-refractivity contribution is 7.98. The molecule has 1 amide bonds. The minimum Gasteiger partial charge on any atom is -0.476 e. The first-order chi connectivity index (χ1) is 20.1. The molecule has 222 valence electrons. The quantitative estimate of drug-likeness (QED) is 0.192. The molecule has 0 radical (unpaired) electrons. The number of piperazine rings is 1. The summed E-state index contributed by atoms with van der Waals surface area (Å²) < 4.78 is 17.0. The maximum absolute atomic E-state index is 12.4. The number of carboxylic acid groups (broad SMARTS) is 1. The highest BCUT2D eigenvalue weighted by Gasteiger charge is 2.59. The Bertz CT molecular complexity index is 1520. The minimum atomic E-state index is -0.895. The van der Waals surface area contributed by atoms with Crippen LogP contribution in [0.25, 0.3) is 10.8 Å². The lowest BCUT2D eigenvalue weighted by molar-refractivity contribution is 0.00519. The Balaban J connectivity index is 1.44. The Morgan fingerprint density at radius 1 is 1.24 bits per heavy atom. The molecule has 2 aliphatic heterocycles. The van der Waals surface area contributed by atoms with Crippen LogP contribution in [0.1, 0.15) is 44.7 Å². The molecule has 0 unspecified atom stereocenters. The number of methoxy groups -OCH3 is 1. The van der Waals surface area contributed by atoms with Crippen molar-refractivity contribution < 1.29 is 24.1 Å². The van der Waals surface area contributed by atoms with Crippen molar-refractivity contribution in [3.8, 4) is 17.7 Å². The topological polar surface area (TPSA) is 121 Å². The fourth-order valence-corrected chi connectivity index (χ4v) is 6.76. The molecule has 2 fully saturated rings. The highest BCUT2D eigenvalue weighted by Crippen LogP contribution is 2.50. The van der Waals surface area contributed by atoms with Gasteiger partial charge in [-0.05, 0) is 53.0 Å². The van der Waals surface area contributed by atoms with Crippen LogP contribution >= 0.6 is 11.8 Å². The van der Waals surface area contributed by atoms with Crippen molar-refractivity contribution in [2.75, 3.05) is 44.8 Å². The predicted octanol–water partition coefficient (Wildman–Crippen LogP) is 5.57. The van der Waals surface area contributed by atoms with E-state index in [0.29, 0.717) is 36.2 Å². The fraction of sp³-hybridized carbons (Fsp3) is 0.484. The number of fused-ring (bicyclic) bond motifs is 3. The molecule has 42 heavy (non-hydrogen) atoms. The van der Waals surface area contributed by atoms with E-state index < -0.39 is 11.6 Å². The van der Waals surface area contributed by atoms with Gasteiger partial charge in [-0.3, -0.25) is 4.90 Å². The molecule has 11 heteroatoms. The van der Waals surface area contributed by atoms with Gasteiger partial charge in [0.2, 0.25) is 5.88 Å². The third-order valence-electron chi connectivity index (χ3n) is 8.51. The molecule has 10 nitrogen and oxygen atoms in total. The van der Waals surface area contributed by atoms with Crippen molar-refractivity contribution in [3.63, 3.8) is 0 Å². The number of hydrogen-bond acceptors (Lipinski definition) is 9. The number of nitriles is 1. The third kappa shape index (κ3) is 5.41. The van der Waals surface area contributed by atoms with Crippen molar-refractivity contribution >= 4 is 34.4 Å². The summed E-state index contributed by atoms with van der Waals surface area (Å²) in [5.74, 6) is 1.44. The molecule has 2 atom stereocenters. The molecule has 2 bridgehead atoms. The van der Waals surface area contributed by atoms with Gasteiger partial charge in [-0.1, -0.05) is 56.8 Å². The number of hydrogen-bond donors (Lipinski definition) is 1. The molecular formula is C31H37N5O5S. The van der Waals surface area contributed by atoms with E-state index in [-0.39, 0.29) is 36.3 Å². The Hall–Kier alpha value is -3.75. The van der Waals surface area contributed by atoms with E-state index in [1.807, 2.05) is 36.6 Å². The first kappa shape index (κ1) is 29.7. The summed E-state index contributed by atoms with van der Waals surface area (Å²) >= 11 is 1.38. The van der Waals surface area contributed by atoms with Crippen molar-refractivity contribution in [1.82, 2.24) is 14.9 Å². The fourth-order valence-electron chi connectivity index (χ4n) is 6.41. The summed E-state index contributed by atoms with van der Waals surface area (Å²) in [6.07, 6.45) is 3.09. The zero-order chi connectivity index (χ0) is 30.1. The van der Waals surface area contributed by atoms with Crippen LogP contribution in [-0.4, -0.2) is 77.5 Å². The molecule has 0 spiro atoms. The van der Waals surface area contributed by atoms with Gasteiger partial charge < -0.3 is 24.2 Å². The van der Waals surface area contributed by atoms with Gasteiger partial charge in [0.1, 0.15) is 11.8 Å². The number of anilines is 1. The molecule has 0 saturated carbocycles. The Morgan fingerprint density at radius 2 is 2.02 bits per heavy atom. The van der Waals surface area contributed by atoms with E-state index in [0.717, 1.165) is 29.2 Å². The number of aromatic nitrogens is 2. The number of carbonyl (C=O) groups is 1. The van der Waals surface area contributed by atoms with Crippen LogP contribution in [-0.2, 0) is 11.2 Å². The summed E-state index contributed by atoms with van der Waals surface area (Å²) in [5, 5.41) is 23.1. The molecule has 1 aromatic heterocycles. The van der Waals surface area contributed by atoms with Crippen LogP contribution in [0.5, 0.6) is 11.6 Å². The van der Waals surface area contributed by atoms with Crippen LogP contribution in [0.15, 0.2) is 41.6 Å². The monoisotopic (exact) mass is 591 g/mol. The first-order valence-electron chi connectivity index (χ1n) is 14.0. The van der Waals surface area contributed by atoms with E-state index in [4.69, 9.17) is 19.2 Å². The number of rotatable bonds is 9. The van der Waals surface area contributed by atoms with Gasteiger partial charge in [-0.25, -0.2) is 9.78 Å². The molecule has 0 aliphatic carbocycles. The molecule has 1 N–H and O–H groups in total. The van der Waals surface area contributed by atoms with Crippen molar-refractivity contribution in [2.45, 2.75) is 56.8 Å². The average Bonchev–Trinajstić information content (AvgIpc) is 3.23. The SMILES string of the molecule is COCOc1cc(CCOc2nc(SC)nc(N3C[C@@H]4CC[C@@](C(C)(C)C)(C3)N4C(=O)O)c2C#N)c2ccccc2c1. The lowest BCUT2D eigenvalue weighted by Gasteiger charge is -2.54. The predicted molar refractivity (Wildman–Crippen MR) is 161 cm³/mol. The van der Waals surface area contributed by atoms with Gasteiger partial charge >= 0.3 is 6.09 Å². The summed E-state index contributed by atoms with van der Waals surface area (Å²) in [5.41, 5.74) is 0.397. The Morgan fingerprint density at radius 3 is 2.71 bits per heavy atom. The maximum Gasteiger partial charge on any atom is 0.408 e. The minimum absolute atomic E-state index is 0.152. The van der Waals surface area contributed by atoms with E-state index in [9.17, 15) is 15.2 Å². The van der Waals surface area contributed by atoms with Gasteiger partial charge in [-0.15, -0.1) is 0 Å². The summed E-state index contributed by atoms with van der Waals surface area (Å²) in [6, 6.07) is 14.2. The first-order valence-corrected chi connectivity index (χ1v) is 15.2. The van der Waals surface area contributed by atoms with Crippen LogP contribution in [0.4, 0.5) is 10.6 Å². The summed E-state index contributed by atoms with van der Waals surface area (Å²) in [7, 11) is 1.58. The summed E-state index contributed by atoms with van der Waals surface area (Å²) in [4.78, 5) is 25.4. The lowest BCUT2D eigenvalue weighted by atomic mass is 9.71. The molecule has 5 rings (SSSR count). The number of thioether (sulfide) groups is 1. The highest BCUT2D eigenvalue weighted by atomic mass is 32.2. The maximum atomic E-state index is 12.4. The van der Waals surface area contributed by atoms with Crippen LogP contribution in [0, 0.1) is 16.7 Å². The number of benzene rings is 2. The van der Waals surface area contributed by atoms with E-state index in [1.165, 1.54) is 11.8 Å².